The van der Waals surface area contributed by atoms with Crippen molar-refractivity contribution in [2.24, 2.45) is 5.92 Å². The molecule has 0 amide bonds. The normalized spacial score (nSPS) is 12.2. The summed E-state index contributed by atoms with van der Waals surface area (Å²) in [5.41, 5.74) is 1.07. The Morgan fingerprint density at radius 2 is 1.95 bits per heavy atom. The summed E-state index contributed by atoms with van der Waals surface area (Å²) in [6, 6.07) is 5.75. The third-order valence-corrected chi connectivity index (χ3v) is 3.25. The topological polar surface area (TPSA) is 59.0 Å². The van der Waals surface area contributed by atoms with Crippen molar-refractivity contribution < 1.29 is 19.4 Å². The molecule has 20 heavy (non-hydrogen) atoms. The van der Waals surface area contributed by atoms with Crippen LogP contribution in [0, 0.1) is 5.92 Å². The molecule has 0 spiro atoms. The van der Waals surface area contributed by atoms with Crippen molar-refractivity contribution in [2.45, 2.75) is 20.4 Å². The van der Waals surface area contributed by atoms with E-state index in [1.54, 1.807) is 21.1 Å². The Hall–Kier alpha value is -1.75. The van der Waals surface area contributed by atoms with Crippen LogP contribution < -0.4 is 9.47 Å². The summed E-state index contributed by atoms with van der Waals surface area (Å²) in [5.74, 6) is 0.233. The zero-order valence-electron chi connectivity index (χ0n) is 12.5. The van der Waals surface area contributed by atoms with Crippen molar-refractivity contribution in [2.75, 3.05) is 27.3 Å². The van der Waals surface area contributed by atoms with Gasteiger partial charge in [0.1, 0.15) is 0 Å². The Labute approximate surface area is 120 Å². The monoisotopic (exact) mass is 281 g/mol. The summed E-state index contributed by atoms with van der Waals surface area (Å²) >= 11 is 0. The molecule has 1 unspecified atom stereocenters. The van der Waals surface area contributed by atoms with Gasteiger partial charge in [0.2, 0.25) is 0 Å². The molecule has 1 rings (SSSR count). The van der Waals surface area contributed by atoms with Crippen LogP contribution >= 0.6 is 0 Å². The van der Waals surface area contributed by atoms with E-state index in [-0.39, 0.29) is 5.92 Å². The summed E-state index contributed by atoms with van der Waals surface area (Å²) in [4.78, 5) is 13.0. The molecule has 0 bridgehead atoms. The molecule has 0 aliphatic rings. The van der Waals surface area contributed by atoms with Crippen molar-refractivity contribution >= 4 is 5.97 Å². The zero-order valence-corrected chi connectivity index (χ0v) is 12.5. The van der Waals surface area contributed by atoms with Gasteiger partial charge in [-0.15, -0.1) is 0 Å². The lowest BCUT2D eigenvalue weighted by molar-refractivity contribution is -0.141. The number of aliphatic carboxylic acids is 1. The smallest absolute Gasteiger partial charge is 0.307 e. The molecule has 0 radical (unpaired) electrons. The molecule has 0 aliphatic carbocycles. The van der Waals surface area contributed by atoms with Crippen LogP contribution in [0.1, 0.15) is 19.4 Å². The second-order valence-electron chi connectivity index (χ2n) is 4.76. The molecule has 1 N–H and O–H groups in total. The molecule has 5 heteroatoms. The molecule has 0 fully saturated rings. The van der Waals surface area contributed by atoms with Gasteiger partial charge in [-0.3, -0.25) is 9.69 Å². The number of methoxy groups -OCH3 is 2. The molecule has 0 saturated heterocycles. The first kappa shape index (κ1) is 16.3. The Kier molecular flexibility index (Phi) is 6.31. The third-order valence-electron chi connectivity index (χ3n) is 3.25. The molecule has 1 atom stereocenters. The van der Waals surface area contributed by atoms with Crippen molar-refractivity contribution in [1.29, 1.82) is 0 Å². The van der Waals surface area contributed by atoms with E-state index >= 15 is 0 Å². The number of ether oxygens (including phenoxy) is 2. The van der Waals surface area contributed by atoms with Crippen LogP contribution in [-0.2, 0) is 11.3 Å². The first-order valence-corrected chi connectivity index (χ1v) is 6.67. The highest BCUT2D eigenvalue weighted by Gasteiger charge is 2.16. The molecule has 1 aromatic carbocycles. The average Bonchev–Trinajstić information content (AvgIpc) is 2.45. The van der Waals surface area contributed by atoms with Gasteiger partial charge in [0.15, 0.2) is 11.5 Å². The lowest BCUT2D eigenvalue weighted by Crippen LogP contribution is -2.31. The van der Waals surface area contributed by atoms with Gasteiger partial charge in [-0.2, -0.15) is 0 Å². The molecule has 112 valence electrons. The van der Waals surface area contributed by atoms with E-state index in [9.17, 15) is 4.79 Å². The van der Waals surface area contributed by atoms with Crippen molar-refractivity contribution in [1.82, 2.24) is 4.90 Å². The fourth-order valence-electron chi connectivity index (χ4n) is 2.01. The third kappa shape index (κ3) is 4.42. The van der Waals surface area contributed by atoms with Gasteiger partial charge in [0.05, 0.1) is 20.1 Å². The Morgan fingerprint density at radius 1 is 1.30 bits per heavy atom. The first-order valence-electron chi connectivity index (χ1n) is 6.67. The summed E-state index contributed by atoms with van der Waals surface area (Å²) in [6.07, 6.45) is 0. The molecule has 0 heterocycles. The Bertz CT molecular complexity index is 447. The van der Waals surface area contributed by atoms with E-state index in [1.165, 1.54) is 0 Å². The van der Waals surface area contributed by atoms with Crippen LogP contribution in [0.15, 0.2) is 18.2 Å². The predicted molar refractivity (Wildman–Crippen MR) is 77.3 cm³/mol. The SMILES string of the molecule is CCN(Cc1ccc(OC)c(OC)c1)CC(C)C(=O)O. The molecule has 0 saturated carbocycles. The van der Waals surface area contributed by atoms with Gasteiger partial charge in [0.25, 0.3) is 0 Å². The summed E-state index contributed by atoms with van der Waals surface area (Å²) in [6.45, 7) is 5.76. The maximum Gasteiger partial charge on any atom is 0.307 e. The largest absolute Gasteiger partial charge is 0.493 e. The lowest BCUT2D eigenvalue weighted by Gasteiger charge is -2.23. The number of benzene rings is 1. The Morgan fingerprint density at radius 3 is 2.45 bits per heavy atom. The minimum Gasteiger partial charge on any atom is -0.493 e. The molecule has 0 aliphatic heterocycles. The number of hydrogen-bond acceptors (Lipinski definition) is 4. The number of carbonyl (C=O) groups is 1. The highest BCUT2D eigenvalue weighted by atomic mass is 16.5. The van der Waals surface area contributed by atoms with E-state index in [0.29, 0.717) is 24.6 Å². The van der Waals surface area contributed by atoms with Crippen LogP contribution in [-0.4, -0.2) is 43.3 Å². The first-order chi connectivity index (χ1) is 9.51. The van der Waals surface area contributed by atoms with Crippen LogP contribution in [0.2, 0.25) is 0 Å². The number of carboxylic acid groups (broad SMARTS) is 1. The maximum absolute atomic E-state index is 10.9. The minimum absolute atomic E-state index is 0.380. The second kappa shape index (κ2) is 7.75. The van der Waals surface area contributed by atoms with Crippen molar-refractivity contribution in [3.8, 4) is 11.5 Å². The van der Waals surface area contributed by atoms with Gasteiger partial charge < -0.3 is 14.6 Å². The number of nitrogens with zero attached hydrogens (tertiary/aromatic N) is 1. The highest BCUT2D eigenvalue weighted by Crippen LogP contribution is 2.28. The predicted octanol–water partition coefficient (Wildman–Crippen LogP) is 2.25. The lowest BCUT2D eigenvalue weighted by atomic mass is 10.1. The van der Waals surface area contributed by atoms with E-state index in [0.717, 1.165) is 12.1 Å². The van der Waals surface area contributed by atoms with Crippen LogP contribution in [0.25, 0.3) is 0 Å². The van der Waals surface area contributed by atoms with Crippen LogP contribution in [0.4, 0.5) is 0 Å². The minimum atomic E-state index is -0.768. The van der Waals surface area contributed by atoms with Crippen molar-refractivity contribution in [3.63, 3.8) is 0 Å². The van der Waals surface area contributed by atoms with Gasteiger partial charge >= 0.3 is 5.97 Å². The quantitative estimate of drug-likeness (QED) is 0.792. The molecular formula is C15H23NO4. The summed E-state index contributed by atoms with van der Waals surface area (Å²) in [5, 5.41) is 8.98. The summed E-state index contributed by atoms with van der Waals surface area (Å²) in [7, 11) is 3.20. The maximum atomic E-state index is 10.9. The van der Waals surface area contributed by atoms with Crippen LogP contribution in [0.3, 0.4) is 0 Å². The van der Waals surface area contributed by atoms with Gasteiger partial charge in [-0.05, 0) is 24.2 Å². The van der Waals surface area contributed by atoms with Crippen LogP contribution in [0.5, 0.6) is 11.5 Å². The fraction of sp³-hybridized carbons (Fsp3) is 0.533. The second-order valence-corrected chi connectivity index (χ2v) is 4.76. The number of rotatable bonds is 8. The number of carboxylic acids is 1. The number of hydrogen-bond donors (Lipinski definition) is 1. The fourth-order valence-corrected chi connectivity index (χ4v) is 2.01. The van der Waals surface area contributed by atoms with Crippen molar-refractivity contribution in [3.05, 3.63) is 23.8 Å². The average molecular weight is 281 g/mol. The van der Waals surface area contributed by atoms with E-state index < -0.39 is 5.97 Å². The molecule has 1 aromatic rings. The summed E-state index contributed by atoms with van der Waals surface area (Å²) < 4.78 is 10.5. The standard InChI is InChI=1S/C15H23NO4/c1-5-16(9-11(2)15(17)18)10-12-6-7-13(19-3)14(8-12)20-4/h6-8,11H,5,9-10H2,1-4H3,(H,17,18). The molecule has 0 aromatic heterocycles. The molecular weight excluding hydrogens is 258 g/mol. The highest BCUT2D eigenvalue weighted by molar-refractivity contribution is 5.69. The van der Waals surface area contributed by atoms with E-state index in [4.69, 9.17) is 14.6 Å². The van der Waals surface area contributed by atoms with E-state index in [1.807, 2.05) is 25.1 Å². The van der Waals surface area contributed by atoms with E-state index in [2.05, 4.69) is 4.90 Å². The van der Waals surface area contributed by atoms with Gasteiger partial charge in [-0.1, -0.05) is 19.9 Å². The molecule has 5 nitrogen and oxygen atoms in total. The Balaban J connectivity index is 2.77. The van der Waals surface area contributed by atoms with Gasteiger partial charge in [-0.25, -0.2) is 0 Å². The zero-order chi connectivity index (χ0) is 15.1. The van der Waals surface area contributed by atoms with Gasteiger partial charge in [0, 0.05) is 13.1 Å².